The molecule has 0 radical (unpaired) electrons. The van der Waals surface area contributed by atoms with Gasteiger partial charge in [-0.05, 0) is 47.5 Å². The van der Waals surface area contributed by atoms with Gasteiger partial charge in [0.05, 0.1) is 22.1 Å². The lowest BCUT2D eigenvalue weighted by Gasteiger charge is -2.05. The van der Waals surface area contributed by atoms with Crippen LogP contribution in [0.1, 0.15) is 10.4 Å². The molecule has 0 aliphatic heterocycles. The van der Waals surface area contributed by atoms with Crippen LogP contribution in [0, 0.1) is 0 Å². The van der Waals surface area contributed by atoms with E-state index in [9.17, 15) is 9.90 Å². The second kappa shape index (κ2) is 5.33. The molecule has 0 aliphatic carbocycles. The normalized spacial score (nSPS) is 11.9. The predicted octanol–water partition coefficient (Wildman–Crippen LogP) is 6.20. The number of hydrogen-bond donors (Lipinski definition) is 1. The first-order valence-corrected chi connectivity index (χ1v) is 9.23. The average Bonchev–Trinajstić information content (AvgIpc) is 3.25. The van der Waals surface area contributed by atoms with Gasteiger partial charge in [-0.2, -0.15) is 0 Å². The van der Waals surface area contributed by atoms with Gasteiger partial charge in [-0.3, -0.25) is 0 Å². The second-order valence-corrected chi connectivity index (χ2v) is 7.17. The molecule has 3 heteroatoms. The summed E-state index contributed by atoms with van der Waals surface area (Å²) in [6.07, 6.45) is 0. The van der Waals surface area contributed by atoms with Crippen LogP contribution in [0.4, 0.5) is 0 Å². The number of rotatable bonds is 2. The van der Waals surface area contributed by atoms with Gasteiger partial charge in [-0.1, -0.05) is 48.5 Å². The highest BCUT2D eigenvalue weighted by molar-refractivity contribution is 6.24. The molecule has 1 N–H and O–H groups in total. The third-order valence-electron chi connectivity index (χ3n) is 5.67. The lowest BCUT2D eigenvalue weighted by molar-refractivity contribution is 0.0697. The summed E-state index contributed by atoms with van der Waals surface area (Å²) in [5.41, 5.74) is 6.08. The third kappa shape index (κ3) is 1.90. The van der Waals surface area contributed by atoms with Crippen molar-refractivity contribution < 1.29 is 9.90 Å². The van der Waals surface area contributed by atoms with E-state index >= 15 is 0 Å². The topological polar surface area (TPSA) is 41.7 Å². The van der Waals surface area contributed by atoms with Crippen molar-refractivity contribution in [2.75, 3.05) is 0 Å². The fourth-order valence-corrected chi connectivity index (χ4v) is 4.42. The summed E-state index contributed by atoms with van der Waals surface area (Å²) in [5, 5.41) is 14.1. The Morgan fingerprint density at radius 2 is 1.18 bits per heavy atom. The number of carbonyl (C=O) groups is 1. The van der Waals surface area contributed by atoms with Crippen molar-refractivity contribution in [2.45, 2.75) is 0 Å². The largest absolute Gasteiger partial charge is 0.478 e. The highest BCUT2D eigenvalue weighted by atomic mass is 16.4. The molecule has 0 spiro atoms. The minimum atomic E-state index is -0.905. The number of aromatic nitrogens is 1. The summed E-state index contributed by atoms with van der Waals surface area (Å²) in [5.74, 6) is -0.905. The molecule has 0 amide bonds. The molecule has 2 aromatic heterocycles. The number of aromatic carboxylic acids is 1. The number of hydrogen-bond acceptors (Lipinski definition) is 1. The van der Waals surface area contributed by atoms with E-state index in [-0.39, 0.29) is 0 Å². The molecule has 28 heavy (non-hydrogen) atoms. The minimum absolute atomic E-state index is 0.302. The zero-order chi connectivity index (χ0) is 18.8. The van der Waals surface area contributed by atoms with Crippen LogP contribution in [0.3, 0.4) is 0 Å². The number of para-hydroxylation sites is 2. The van der Waals surface area contributed by atoms with E-state index in [1.807, 2.05) is 12.1 Å². The van der Waals surface area contributed by atoms with E-state index in [1.54, 1.807) is 12.1 Å². The van der Waals surface area contributed by atoms with Gasteiger partial charge in [0.2, 0.25) is 0 Å². The molecule has 0 fully saturated rings. The molecule has 0 aliphatic rings. The highest BCUT2D eigenvalue weighted by Crippen LogP contribution is 2.41. The zero-order valence-corrected chi connectivity index (χ0v) is 14.9. The SMILES string of the molecule is O=C(O)c1ccc(-c2cc3c4ccccc4n4c5ccccc5c(c2)c34)cc1. The summed E-state index contributed by atoms with van der Waals surface area (Å²) in [6, 6.07) is 28.5. The predicted molar refractivity (Wildman–Crippen MR) is 113 cm³/mol. The van der Waals surface area contributed by atoms with E-state index in [2.05, 4.69) is 65.1 Å². The summed E-state index contributed by atoms with van der Waals surface area (Å²) in [7, 11) is 0. The summed E-state index contributed by atoms with van der Waals surface area (Å²) in [4.78, 5) is 11.2. The van der Waals surface area contributed by atoms with Crippen LogP contribution in [0.5, 0.6) is 0 Å². The van der Waals surface area contributed by atoms with Crippen molar-refractivity contribution >= 4 is 44.1 Å². The molecule has 6 rings (SSSR count). The molecule has 132 valence electrons. The van der Waals surface area contributed by atoms with Gasteiger partial charge in [-0.25, -0.2) is 4.79 Å². The van der Waals surface area contributed by atoms with Crippen molar-refractivity contribution in [2.24, 2.45) is 0 Å². The molecule has 0 saturated heterocycles. The van der Waals surface area contributed by atoms with Crippen LogP contribution >= 0.6 is 0 Å². The van der Waals surface area contributed by atoms with Gasteiger partial charge >= 0.3 is 5.97 Å². The Balaban J connectivity index is 1.76. The minimum Gasteiger partial charge on any atom is -0.478 e. The number of carboxylic acids is 1. The van der Waals surface area contributed by atoms with Crippen LogP contribution in [0.15, 0.2) is 84.9 Å². The number of fused-ring (bicyclic) bond motifs is 6. The molecule has 0 unspecified atom stereocenters. The molecule has 0 atom stereocenters. The molecular weight excluding hydrogens is 346 g/mol. The Morgan fingerprint density at radius 3 is 1.71 bits per heavy atom. The standard InChI is InChI=1S/C25H15NO2/c27-25(28)16-11-9-15(10-12-16)17-13-20-18-5-1-3-7-22(18)26-23-8-4-2-6-19(23)21(14-17)24(20)26/h1-14H,(H,27,28). The molecule has 2 heterocycles. The third-order valence-corrected chi connectivity index (χ3v) is 5.67. The van der Waals surface area contributed by atoms with Crippen molar-refractivity contribution in [1.82, 2.24) is 4.40 Å². The Labute approximate surface area is 160 Å². The Bertz CT molecular complexity index is 1440. The van der Waals surface area contributed by atoms with Crippen molar-refractivity contribution in [3.63, 3.8) is 0 Å². The van der Waals surface area contributed by atoms with Gasteiger partial charge in [0.15, 0.2) is 0 Å². The van der Waals surface area contributed by atoms with Crippen LogP contribution in [-0.4, -0.2) is 15.5 Å². The zero-order valence-electron chi connectivity index (χ0n) is 14.9. The second-order valence-electron chi connectivity index (χ2n) is 7.17. The smallest absolute Gasteiger partial charge is 0.335 e. The lowest BCUT2D eigenvalue weighted by Crippen LogP contribution is -1.94. The Morgan fingerprint density at radius 1 is 0.643 bits per heavy atom. The van der Waals surface area contributed by atoms with Gasteiger partial charge < -0.3 is 9.51 Å². The van der Waals surface area contributed by atoms with E-state index in [4.69, 9.17) is 0 Å². The maximum atomic E-state index is 11.2. The van der Waals surface area contributed by atoms with Crippen LogP contribution in [-0.2, 0) is 0 Å². The summed E-state index contributed by atoms with van der Waals surface area (Å²) in [6.45, 7) is 0. The van der Waals surface area contributed by atoms with Gasteiger partial charge in [-0.15, -0.1) is 0 Å². The van der Waals surface area contributed by atoms with E-state index in [1.165, 1.54) is 38.1 Å². The van der Waals surface area contributed by atoms with Crippen LogP contribution in [0.25, 0.3) is 49.2 Å². The number of nitrogens with zero attached hydrogens (tertiary/aromatic N) is 1. The lowest BCUT2D eigenvalue weighted by atomic mass is 9.98. The van der Waals surface area contributed by atoms with Gasteiger partial charge in [0.25, 0.3) is 0 Å². The molecule has 0 bridgehead atoms. The van der Waals surface area contributed by atoms with E-state index in [0.29, 0.717) is 5.56 Å². The van der Waals surface area contributed by atoms with Crippen LogP contribution < -0.4 is 0 Å². The molecule has 0 saturated carbocycles. The fraction of sp³-hybridized carbons (Fsp3) is 0. The first-order chi connectivity index (χ1) is 13.7. The molecule has 4 aromatic carbocycles. The first-order valence-electron chi connectivity index (χ1n) is 9.23. The quantitative estimate of drug-likeness (QED) is 0.399. The Hall–Kier alpha value is -3.85. The Kier molecular flexibility index (Phi) is 2.90. The van der Waals surface area contributed by atoms with Crippen molar-refractivity contribution in [3.05, 3.63) is 90.5 Å². The monoisotopic (exact) mass is 361 g/mol. The van der Waals surface area contributed by atoms with Crippen LogP contribution in [0.2, 0.25) is 0 Å². The number of benzene rings is 4. The highest BCUT2D eigenvalue weighted by Gasteiger charge is 2.18. The maximum absolute atomic E-state index is 11.2. The first kappa shape index (κ1) is 15.2. The molecular formula is C25H15NO2. The maximum Gasteiger partial charge on any atom is 0.335 e. The van der Waals surface area contributed by atoms with E-state index in [0.717, 1.165) is 11.1 Å². The number of carboxylic acid groups (broad SMARTS) is 1. The van der Waals surface area contributed by atoms with E-state index < -0.39 is 5.97 Å². The summed E-state index contributed by atoms with van der Waals surface area (Å²) >= 11 is 0. The van der Waals surface area contributed by atoms with Gasteiger partial charge in [0.1, 0.15) is 0 Å². The van der Waals surface area contributed by atoms with Gasteiger partial charge in [0, 0.05) is 21.5 Å². The fourth-order valence-electron chi connectivity index (χ4n) is 4.42. The molecule has 6 aromatic rings. The van der Waals surface area contributed by atoms with Crippen molar-refractivity contribution in [3.8, 4) is 11.1 Å². The average molecular weight is 361 g/mol. The molecule has 3 nitrogen and oxygen atoms in total. The van der Waals surface area contributed by atoms with Crippen molar-refractivity contribution in [1.29, 1.82) is 0 Å². The summed E-state index contributed by atoms with van der Waals surface area (Å²) < 4.78 is 2.35.